The molecule has 1 aromatic carbocycles. The monoisotopic (exact) mass is 348 g/mol. The van der Waals surface area contributed by atoms with E-state index in [1.807, 2.05) is 12.1 Å². The summed E-state index contributed by atoms with van der Waals surface area (Å²) in [7, 11) is 0. The third-order valence-corrected chi connectivity index (χ3v) is 4.51. The maximum Gasteiger partial charge on any atom is 0.119 e. The Kier molecular flexibility index (Phi) is 8.50. The molecule has 126 valence electrons. The average molecular weight is 349 g/mol. The van der Waals surface area contributed by atoms with Crippen molar-refractivity contribution in [1.29, 1.82) is 0 Å². The number of halogens is 2. The average Bonchev–Trinajstić information content (AvgIpc) is 2.53. The van der Waals surface area contributed by atoms with Crippen molar-refractivity contribution in [2.45, 2.75) is 25.4 Å². The Balaban J connectivity index is 0.00000121. The van der Waals surface area contributed by atoms with Crippen molar-refractivity contribution in [1.82, 2.24) is 10.2 Å². The van der Waals surface area contributed by atoms with E-state index in [0.29, 0.717) is 12.6 Å². The molecule has 3 fully saturated rings. The molecule has 0 radical (unpaired) electrons. The molecule has 0 spiro atoms. The summed E-state index contributed by atoms with van der Waals surface area (Å²) in [4.78, 5) is 2.57. The molecule has 1 atom stereocenters. The van der Waals surface area contributed by atoms with Crippen molar-refractivity contribution in [2.75, 3.05) is 32.8 Å². The second kappa shape index (κ2) is 9.58. The topological polar surface area (TPSA) is 44.7 Å². The lowest BCUT2D eigenvalue weighted by molar-refractivity contribution is 0.0720. The lowest BCUT2D eigenvalue weighted by atomic mass is 9.84. The lowest BCUT2D eigenvalue weighted by Crippen LogP contribution is -2.55. The molecular formula is C16H26Cl2N2O2. The molecule has 2 bridgehead atoms. The van der Waals surface area contributed by atoms with Crippen LogP contribution in [0.2, 0.25) is 0 Å². The molecule has 3 aliphatic heterocycles. The van der Waals surface area contributed by atoms with Crippen LogP contribution in [0.15, 0.2) is 24.3 Å². The van der Waals surface area contributed by atoms with Crippen molar-refractivity contribution in [3.05, 3.63) is 29.8 Å². The number of ether oxygens (including phenoxy) is 1. The van der Waals surface area contributed by atoms with Crippen molar-refractivity contribution in [3.63, 3.8) is 0 Å². The normalized spacial score (nSPS) is 26.0. The van der Waals surface area contributed by atoms with Crippen molar-refractivity contribution >= 4 is 24.8 Å². The zero-order chi connectivity index (χ0) is 13.8. The molecule has 3 saturated heterocycles. The van der Waals surface area contributed by atoms with E-state index in [-0.39, 0.29) is 31.4 Å². The highest BCUT2D eigenvalue weighted by atomic mass is 35.5. The van der Waals surface area contributed by atoms with Gasteiger partial charge in [0.25, 0.3) is 0 Å². The zero-order valence-corrected chi connectivity index (χ0v) is 14.4. The third kappa shape index (κ3) is 5.00. The summed E-state index contributed by atoms with van der Waals surface area (Å²) in [6, 6.07) is 8.80. The summed E-state index contributed by atoms with van der Waals surface area (Å²) >= 11 is 0. The molecule has 0 saturated carbocycles. The maximum atomic E-state index is 8.72. The molecule has 1 unspecified atom stereocenters. The summed E-state index contributed by atoms with van der Waals surface area (Å²) in [5.41, 5.74) is 1.29. The highest BCUT2D eigenvalue weighted by Crippen LogP contribution is 2.27. The fourth-order valence-electron chi connectivity index (χ4n) is 3.31. The SMILES string of the molecule is Cl.Cl.OCCOc1ccc(CNC2CN3CCC2CC3)cc1. The van der Waals surface area contributed by atoms with Gasteiger partial charge in [0, 0.05) is 19.1 Å². The fourth-order valence-corrected chi connectivity index (χ4v) is 3.31. The van der Waals surface area contributed by atoms with Crippen LogP contribution in [0.1, 0.15) is 18.4 Å². The van der Waals surface area contributed by atoms with Crippen molar-refractivity contribution < 1.29 is 9.84 Å². The van der Waals surface area contributed by atoms with Crippen LogP contribution in [-0.4, -0.2) is 48.9 Å². The highest BCUT2D eigenvalue weighted by Gasteiger charge is 2.33. The van der Waals surface area contributed by atoms with Crippen molar-refractivity contribution in [3.8, 4) is 5.75 Å². The molecule has 3 heterocycles. The van der Waals surface area contributed by atoms with Gasteiger partial charge in [-0.1, -0.05) is 12.1 Å². The van der Waals surface area contributed by atoms with E-state index in [1.165, 1.54) is 38.0 Å². The quantitative estimate of drug-likeness (QED) is 0.826. The first-order valence-electron chi connectivity index (χ1n) is 7.63. The first-order valence-corrected chi connectivity index (χ1v) is 7.63. The Morgan fingerprint density at radius 2 is 1.82 bits per heavy atom. The van der Waals surface area contributed by atoms with Crippen LogP contribution in [0, 0.1) is 5.92 Å². The molecule has 1 aromatic rings. The summed E-state index contributed by atoms with van der Waals surface area (Å²) in [6.45, 7) is 5.14. The van der Waals surface area contributed by atoms with E-state index in [4.69, 9.17) is 9.84 Å². The molecule has 3 aliphatic rings. The number of nitrogens with zero attached hydrogens (tertiary/aromatic N) is 1. The van der Waals surface area contributed by atoms with E-state index >= 15 is 0 Å². The highest BCUT2D eigenvalue weighted by molar-refractivity contribution is 5.85. The largest absolute Gasteiger partial charge is 0.491 e. The second-order valence-electron chi connectivity index (χ2n) is 5.84. The summed E-state index contributed by atoms with van der Waals surface area (Å²) in [5, 5.41) is 12.4. The van der Waals surface area contributed by atoms with Crippen LogP contribution < -0.4 is 10.1 Å². The molecular weight excluding hydrogens is 323 g/mol. The Morgan fingerprint density at radius 1 is 1.14 bits per heavy atom. The predicted octanol–water partition coefficient (Wildman–Crippen LogP) is 2.09. The molecule has 4 rings (SSSR count). The van der Waals surface area contributed by atoms with Crippen molar-refractivity contribution in [2.24, 2.45) is 5.92 Å². The Labute approximate surface area is 145 Å². The number of hydrogen-bond donors (Lipinski definition) is 2. The van der Waals surface area contributed by atoms with E-state index in [1.54, 1.807) is 0 Å². The van der Waals surface area contributed by atoms with Gasteiger partial charge in [0.2, 0.25) is 0 Å². The summed E-state index contributed by atoms with van der Waals surface area (Å²) < 4.78 is 5.37. The van der Waals surface area contributed by atoms with E-state index in [2.05, 4.69) is 22.3 Å². The van der Waals surface area contributed by atoms with Gasteiger partial charge in [-0.25, -0.2) is 0 Å². The van der Waals surface area contributed by atoms with Gasteiger partial charge in [-0.05, 0) is 49.5 Å². The molecule has 22 heavy (non-hydrogen) atoms. The number of rotatable bonds is 6. The minimum Gasteiger partial charge on any atom is -0.491 e. The van der Waals surface area contributed by atoms with E-state index in [0.717, 1.165) is 18.2 Å². The van der Waals surface area contributed by atoms with Crippen LogP contribution >= 0.6 is 24.8 Å². The second-order valence-corrected chi connectivity index (χ2v) is 5.84. The van der Waals surface area contributed by atoms with Gasteiger partial charge in [0.1, 0.15) is 12.4 Å². The molecule has 6 heteroatoms. The Hall–Kier alpha value is -0.520. The van der Waals surface area contributed by atoms with Crippen LogP contribution in [0.25, 0.3) is 0 Å². The van der Waals surface area contributed by atoms with Crippen LogP contribution in [0.4, 0.5) is 0 Å². The minimum absolute atomic E-state index is 0. The summed E-state index contributed by atoms with van der Waals surface area (Å²) in [5.74, 6) is 1.69. The van der Waals surface area contributed by atoms with Gasteiger partial charge in [-0.15, -0.1) is 24.8 Å². The standard InChI is InChI=1S/C16H24N2O2.2ClH/c19-9-10-20-15-3-1-13(2-4-15)11-17-16-12-18-7-5-14(16)6-8-18;;/h1-4,14,16-17,19H,5-12H2;2*1H. The van der Waals surface area contributed by atoms with E-state index in [9.17, 15) is 0 Å². The number of benzene rings is 1. The zero-order valence-electron chi connectivity index (χ0n) is 12.7. The number of fused-ring (bicyclic) bond motifs is 3. The first kappa shape index (κ1) is 19.5. The minimum atomic E-state index is 0. The van der Waals surface area contributed by atoms with Gasteiger partial charge in [0.05, 0.1) is 6.61 Å². The Morgan fingerprint density at radius 3 is 2.36 bits per heavy atom. The van der Waals surface area contributed by atoms with Gasteiger partial charge in [-0.2, -0.15) is 0 Å². The molecule has 4 nitrogen and oxygen atoms in total. The smallest absolute Gasteiger partial charge is 0.119 e. The molecule has 0 aliphatic carbocycles. The van der Waals surface area contributed by atoms with E-state index < -0.39 is 0 Å². The first-order chi connectivity index (χ1) is 9.85. The fraction of sp³-hybridized carbons (Fsp3) is 0.625. The third-order valence-electron chi connectivity index (χ3n) is 4.51. The van der Waals surface area contributed by atoms with Crippen LogP contribution in [-0.2, 0) is 6.54 Å². The Bertz CT molecular complexity index is 423. The summed E-state index contributed by atoms with van der Waals surface area (Å²) in [6.07, 6.45) is 2.71. The number of aliphatic hydroxyl groups excluding tert-OH is 1. The lowest BCUT2D eigenvalue weighted by Gasteiger charge is -2.45. The van der Waals surface area contributed by atoms with Gasteiger partial charge in [0.15, 0.2) is 0 Å². The molecule has 0 amide bonds. The number of nitrogens with one attached hydrogen (secondary N) is 1. The molecule has 0 aromatic heterocycles. The van der Waals surface area contributed by atoms with Gasteiger partial charge in [-0.3, -0.25) is 0 Å². The maximum absolute atomic E-state index is 8.72. The predicted molar refractivity (Wildman–Crippen MR) is 93.3 cm³/mol. The molecule has 2 N–H and O–H groups in total. The van der Waals surface area contributed by atoms with Crippen LogP contribution in [0.5, 0.6) is 5.75 Å². The van der Waals surface area contributed by atoms with Crippen LogP contribution in [0.3, 0.4) is 0 Å². The van der Waals surface area contributed by atoms with Gasteiger partial charge < -0.3 is 20.1 Å². The van der Waals surface area contributed by atoms with Gasteiger partial charge >= 0.3 is 0 Å². The number of aliphatic hydroxyl groups is 1. The number of piperidine rings is 3. The number of hydrogen-bond acceptors (Lipinski definition) is 4.